The number of aryl methyl sites for hydroxylation is 1. The molecule has 2 nitrogen and oxygen atoms in total. The van der Waals surface area contributed by atoms with Gasteiger partial charge in [-0.1, -0.05) is 66.2 Å². The van der Waals surface area contributed by atoms with E-state index in [0.717, 1.165) is 22.2 Å². The molecule has 24 heavy (non-hydrogen) atoms. The van der Waals surface area contributed by atoms with Gasteiger partial charge < -0.3 is 10.1 Å². The second-order valence-corrected chi connectivity index (χ2v) is 6.15. The van der Waals surface area contributed by atoms with Crippen molar-refractivity contribution in [2.24, 2.45) is 0 Å². The molecule has 1 aromatic heterocycles. The molecule has 4 rings (SSSR count). The summed E-state index contributed by atoms with van der Waals surface area (Å²) in [6.45, 7) is 2.15. The van der Waals surface area contributed by atoms with E-state index in [4.69, 9.17) is 0 Å². The van der Waals surface area contributed by atoms with E-state index in [1.165, 1.54) is 22.3 Å². The Bertz CT molecular complexity index is 982. The lowest BCUT2D eigenvalue weighted by Gasteiger charge is -2.06. The normalized spacial score (nSPS) is 11.1. The first kappa shape index (κ1) is 14.7. The number of aromatic amines is 1. The van der Waals surface area contributed by atoms with Crippen molar-refractivity contribution in [3.05, 3.63) is 83.9 Å². The van der Waals surface area contributed by atoms with E-state index >= 15 is 0 Å². The highest BCUT2D eigenvalue weighted by atomic mass is 16.3. The molecule has 0 aliphatic heterocycles. The lowest BCUT2D eigenvalue weighted by Crippen LogP contribution is -1.84. The van der Waals surface area contributed by atoms with Gasteiger partial charge in [-0.25, -0.2) is 0 Å². The Balaban J connectivity index is 2.03. The van der Waals surface area contributed by atoms with Gasteiger partial charge in [0.2, 0.25) is 0 Å². The highest BCUT2D eigenvalue weighted by Gasteiger charge is 2.15. The molecule has 1 heterocycles. The van der Waals surface area contributed by atoms with Crippen molar-refractivity contribution in [2.75, 3.05) is 0 Å². The molecule has 0 saturated heterocycles. The zero-order valence-corrected chi connectivity index (χ0v) is 13.6. The summed E-state index contributed by atoms with van der Waals surface area (Å²) in [6, 6.07) is 25.1. The molecule has 0 bridgehead atoms. The van der Waals surface area contributed by atoms with Gasteiger partial charge in [-0.3, -0.25) is 0 Å². The Morgan fingerprint density at radius 3 is 2.29 bits per heavy atom. The van der Waals surface area contributed by atoms with Crippen LogP contribution in [0.1, 0.15) is 11.1 Å². The number of fused-ring (bicyclic) bond motifs is 1. The lowest BCUT2D eigenvalue weighted by molar-refractivity contribution is 0.282. The third-order valence-corrected chi connectivity index (χ3v) is 4.45. The molecular formula is C22H19NO. The van der Waals surface area contributed by atoms with Crippen LogP contribution < -0.4 is 0 Å². The minimum atomic E-state index is 0.0508. The van der Waals surface area contributed by atoms with Crippen LogP contribution in [0.3, 0.4) is 0 Å². The number of benzene rings is 3. The van der Waals surface area contributed by atoms with E-state index in [0.29, 0.717) is 0 Å². The molecule has 2 N–H and O–H groups in total. The number of H-pyrrole nitrogens is 1. The first-order valence-corrected chi connectivity index (χ1v) is 8.14. The molecule has 0 spiro atoms. The first-order valence-electron chi connectivity index (χ1n) is 8.14. The van der Waals surface area contributed by atoms with Gasteiger partial charge >= 0.3 is 0 Å². The maximum Gasteiger partial charge on any atom is 0.0682 e. The van der Waals surface area contributed by atoms with Crippen molar-refractivity contribution in [3.8, 4) is 22.4 Å². The fourth-order valence-electron chi connectivity index (χ4n) is 3.18. The molecule has 0 aliphatic rings. The maximum atomic E-state index is 9.50. The molecule has 0 radical (unpaired) electrons. The van der Waals surface area contributed by atoms with E-state index in [1.54, 1.807) is 0 Å². The van der Waals surface area contributed by atoms with Gasteiger partial charge in [0.1, 0.15) is 0 Å². The minimum Gasteiger partial charge on any atom is -0.392 e. The fraction of sp³-hybridized carbons (Fsp3) is 0.0909. The number of rotatable bonds is 3. The summed E-state index contributed by atoms with van der Waals surface area (Å²) in [7, 11) is 0. The average molecular weight is 313 g/mol. The van der Waals surface area contributed by atoms with Crippen LogP contribution >= 0.6 is 0 Å². The Kier molecular flexibility index (Phi) is 3.68. The summed E-state index contributed by atoms with van der Waals surface area (Å²) in [4.78, 5) is 3.57. The third-order valence-electron chi connectivity index (χ3n) is 4.45. The highest BCUT2D eigenvalue weighted by Crippen LogP contribution is 2.38. The summed E-state index contributed by atoms with van der Waals surface area (Å²) in [6.07, 6.45) is 0. The van der Waals surface area contributed by atoms with Gasteiger partial charge in [-0.15, -0.1) is 0 Å². The summed E-state index contributed by atoms with van der Waals surface area (Å²) < 4.78 is 0. The average Bonchev–Trinajstić information content (AvgIpc) is 3.01. The smallest absolute Gasteiger partial charge is 0.0682 e. The second-order valence-electron chi connectivity index (χ2n) is 6.15. The van der Waals surface area contributed by atoms with Crippen LogP contribution in [-0.2, 0) is 6.61 Å². The third kappa shape index (κ3) is 2.51. The molecule has 4 aromatic rings. The van der Waals surface area contributed by atoms with Crippen molar-refractivity contribution < 1.29 is 5.11 Å². The van der Waals surface area contributed by atoms with E-state index in [2.05, 4.69) is 66.5 Å². The van der Waals surface area contributed by atoms with Crippen LogP contribution in [-0.4, -0.2) is 10.1 Å². The van der Waals surface area contributed by atoms with Crippen LogP contribution in [0.15, 0.2) is 72.8 Å². The molecular weight excluding hydrogens is 294 g/mol. The molecule has 0 amide bonds. The van der Waals surface area contributed by atoms with Crippen molar-refractivity contribution in [1.82, 2.24) is 4.98 Å². The van der Waals surface area contributed by atoms with Crippen LogP contribution in [0.5, 0.6) is 0 Å². The molecule has 0 saturated carbocycles. The van der Waals surface area contributed by atoms with Gasteiger partial charge in [-0.05, 0) is 35.7 Å². The highest BCUT2D eigenvalue weighted by molar-refractivity contribution is 6.04. The quantitative estimate of drug-likeness (QED) is 0.529. The molecule has 0 aliphatic carbocycles. The predicted octanol–water partition coefficient (Wildman–Crippen LogP) is 5.30. The largest absolute Gasteiger partial charge is 0.392 e. The minimum absolute atomic E-state index is 0.0508. The summed E-state index contributed by atoms with van der Waals surface area (Å²) in [5, 5.41) is 10.6. The van der Waals surface area contributed by atoms with Gasteiger partial charge in [0.15, 0.2) is 0 Å². The van der Waals surface area contributed by atoms with Crippen LogP contribution in [0, 0.1) is 6.92 Å². The summed E-state index contributed by atoms with van der Waals surface area (Å²) in [5.74, 6) is 0. The van der Waals surface area contributed by atoms with Crippen molar-refractivity contribution in [2.45, 2.75) is 13.5 Å². The van der Waals surface area contributed by atoms with E-state index in [9.17, 15) is 5.11 Å². The molecule has 3 aromatic carbocycles. The van der Waals surface area contributed by atoms with Gasteiger partial charge in [-0.2, -0.15) is 0 Å². The first-order chi connectivity index (χ1) is 11.8. The van der Waals surface area contributed by atoms with Crippen LogP contribution in [0.2, 0.25) is 0 Å². The lowest BCUT2D eigenvalue weighted by atomic mass is 9.97. The Labute approximate surface area is 141 Å². The Morgan fingerprint density at radius 2 is 1.58 bits per heavy atom. The SMILES string of the molecule is Cc1ccc(-c2[nH]c3ccc(CO)cc3c2-c2ccccc2)cc1. The fourth-order valence-corrected chi connectivity index (χ4v) is 3.18. The molecule has 0 fully saturated rings. The topological polar surface area (TPSA) is 36.0 Å². The van der Waals surface area contributed by atoms with Crippen molar-refractivity contribution in [3.63, 3.8) is 0 Å². The van der Waals surface area contributed by atoms with E-state index in [-0.39, 0.29) is 6.61 Å². The number of aliphatic hydroxyl groups is 1. The predicted molar refractivity (Wildman–Crippen MR) is 99.8 cm³/mol. The number of nitrogens with one attached hydrogen (secondary N) is 1. The van der Waals surface area contributed by atoms with Gasteiger partial charge in [0, 0.05) is 16.5 Å². The summed E-state index contributed by atoms with van der Waals surface area (Å²) >= 11 is 0. The number of aromatic nitrogens is 1. The van der Waals surface area contributed by atoms with Crippen LogP contribution in [0.4, 0.5) is 0 Å². The second kappa shape index (κ2) is 5.99. The van der Waals surface area contributed by atoms with E-state index in [1.807, 2.05) is 18.2 Å². The molecule has 0 unspecified atom stereocenters. The van der Waals surface area contributed by atoms with Gasteiger partial charge in [0.05, 0.1) is 12.3 Å². The maximum absolute atomic E-state index is 9.50. The van der Waals surface area contributed by atoms with Gasteiger partial charge in [0.25, 0.3) is 0 Å². The monoisotopic (exact) mass is 313 g/mol. The number of hydrogen-bond donors (Lipinski definition) is 2. The molecule has 2 heteroatoms. The van der Waals surface area contributed by atoms with E-state index < -0.39 is 0 Å². The Hall–Kier alpha value is -2.84. The molecule has 118 valence electrons. The molecule has 0 atom stereocenters. The number of aliphatic hydroxyl groups excluding tert-OH is 1. The van der Waals surface area contributed by atoms with Crippen LogP contribution in [0.25, 0.3) is 33.3 Å². The van der Waals surface area contributed by atoms with Crippen molar-refractivity contribution in [1.29, 1.82) is 0 Å². The van der Waals surface area contributed by atoms with Crippen molar-refractivity contribution >= 4 is 10.9 Å². The Morgan fingerprint density at radius 1 is 0.833 bits per heavy atom. The zero-order chi connectivity index (χ0) is 16.5. The standard InChI is InChI=1S/C22H19NO/c1-15-7-10-18(11-8-15)22-21(17-5-3-2-4-6-17)19-13-16(14-24)9-12-20(19)23-22/h2-13,23-24H,14H2,1H3. The summed E-state index contributed by atoms with van der Waals surface area (Å²) in [5.41, 5.74) is 7.90. The zero-order valence-electron chi connectivity index (χ0n) is 13.6. The number of hydrogen-bond acceptors (Lipinski definition) is 1.